The van der Waals surface area contributed by atoms with Gasteiger partial charge in [-0.3, -0.25) is 4.90 Å². The molecule has 1 N–H and O–H groups in total. The summed E-state index contributed by atoms with van der Waals surface area (Å²) in [7, 11) is 0. The highest BCUT2D eigenvalue weighted by Gasteiger charge is 2.33. The number of piperidine rings is 1. The van der Waals surface area contributed by atoms with Crippen molar-refractivity contribution >= 4 is 0 Å². The molecule has 2 atom stereocenters. The molecule has 3 rings (SSSR count). The molecule has 2 bridgehead atoms. The van der Waals surface area contributed by atoms with Crippen LogP contribution in [-0.4, -0.2) is 60.1 Å². The number of nitrogens with one attached hydrogen (secondary N) is 1. The lowest BCUT2D eigenvalue weighted by atomic mass is 9.89. The Bertz CT molecular complexity index is 303. The summed E-state index contributed by atoms with van der Waals surface area (Å²) in [5.74, 6) is 0.995. The van der Waals surface area contributed by atoms with Crippen molar-refractivity contribution in [2.75, 3.05) is 32.7 Å². The first-order valence-corrected chi connectivity index (χ1v) is 8.74. The van der Waals surface area contributed by atoms with E-state index in [4.69, 9.17) is 0 Å². The molecule has 0 spiro atoms. The van der Waals surface area contributed by atoms with E-state index in [1.54, 1.807) is 0 Å². The van der Waals surface area contributed by atoms with Crippen molar-refractivity contribution in [2.45, 2.75) is 70.5 Å². The third kappa shape index (κ3) is 3.55. The summed E-state index contributed by atoms with van der Waals surface area (Å²) in [6.07, 6.45) is 7.19. The molecule has 3 aliphatic rings. The van der Waals surface area contributed by atoms with Gasteiger partial charge in [0.1, 0.15) is 0 Å². The fourth-order valence-corrected chi connectivity index (χ4v) is 4.42. The quantitative estimate of drug-likeness (QED) is 0.855. The zero-order valence-corrected chi connectivity index (χ0v) is 13.7. The molecule has 3 saturated heterocycles. The zero-order valence-electron chi connectivity index (χ0n) is 13.7. The summed E-state index contributed by atoms with van der Waals surface area (Å²) in [5.41, 5.74) is 0.348. The van der Waals surface area contributed by atoms with Crippen molar-refractivity contribution in [2.24, 2.45) is 5.92 Å². The van der Waals surface area contributed by atoms with Gasteiger partial charge in [0.05, 0.1) is 0 Å². The van der Waals surface area contributed by atoms with Crippen molar-refractivity contribution in [3.05, 3.63) is 0 Å². The van der Waals surface area contributed by atoms with Gasteiger partial charge in [-0.05, 0) is 65.3 Å². The molecule has 0 aromatic rings. The molecular weight excluding hydrogens is 246 g/mol. The average Bonchev–Trinajstić information content (AvgIpc) is 2.75. The van der Waals surface area contributed by atoms with Gasteiger partial charge in [-0.2, -0.15) is 0 Å². The van der Waals surface area contributed by atoms with Crippen molar-refractivity contribution in [3.8, 4) is 0 Å². The Hall–Kier alpha value is -0.120. The maximum absolute atomic E-state index is 3.76. The van der Waals surface area contributed by atoms with Crippen LogP contribution >= 0.6 is 0 Å². The predicted octanol–water partition coefficient (Wildman–Crippen LogP) is 2.32. The fourth-order valence-electron chi connectivity index (χ4n) is 4.42. The maximum Gasteiger partial charge on any atom is 0.0126 e. The summed E-state index contributed by atoms with van der Waals surface area (Å²) >= 11 is 0. The highest BCUT2D eigenvalue weighted by Crippen LogP contribution is 2.32. The second-order valence-corrected chi connectivity index (χ2v) is 8.26. The van der Waals surface area contributed by atoms with Crippen LogP contribution < -0.4 is 5.32 Å². The number of fused-ring (bicyclic) bond motifs is 2. The topological polar surface area (TPSA) is 18.5 Å². The van der Waals surface area contributed by atoms with Gasteiger partial charge in [0, 0.05) is 43.8 Å². The van der Waals surface area contributed by atoms with E-state index >= 15 is 0 Å². The summed E-state index contributed by atoms with van der Waals surface area (Å²) in [5, 5.41) is 3.76. The third-order valence-corrected chi connectivity index (χ3v) is 5.75. The lowest BCUT2D eigenvalue weighted by Gasteiger charge is -2.42. The standard InChI is InChI=1S/C17H33N3/c1-17(2,3)20-10-8-19(9-11-20)7-6-14-12-15-4-5-16(13-14)18-15/h14-16,18H,4-13H2,1-3H3. The van der Waals surface area contributed by atoms with Crippen LogP contribution in [0, 0.1) is 5.92 Å². The number of hydrogen-bond donors (Lipinski definition) is 1. The monoisotopic (exact) mass is 279 g/mol. The van der Waals surface area contributed by atoms with Crippen LogP contribution in [0.15, 0.2) is 0 Å². The Morgan fingerprint density at radius 3 is 2.10 bits per heavy atom. The SMILES string of the molecule is CC(C)(C)N1CCN(CCC2CC3CCC(C2)N3)CC1. The molecule has 0 aromatic heterocycles. The fraction of sp³-hybridized carbons (Fsp3) is 1.00. The Labute approximate surface area is 125 Å². The van der Waals surface area contributed by atoms with Crippen LogP contribution in [0.25, 0.3) is 0 Å². The summed E-state index contributed by atoms with van der Waals surface area (Å²) in [6, 6.07) is 1.72. The molecule has 0 aromatic carbocycles. The minimum absolute atomic E-state index is 0.348. The molecule has 116 valence electrons. The molecule has 2 unspecified atom stereocenters. The minimum Gasteiger partial charge on any atom is -0.311 e. The van der Waals surface area contributed by atoms with Crippen molar-refractivity contribution in [3.63, 3.8) is 0 Å². The number of hydrogen-bond acceptors (Lipinski definition) is 3. The molecule has 0 radical (unpaired) electrons. The van der Waals surface area contributed by atoms with Gasteiger partial charge in [0.25, 0.3) is 0 Å². The lowest BCUT2D eigenvalue weighted by molar-refractivity contribution is 0.0585. The van der Waals surface area contributed by atoms with E-state index < -0.39 is 0 Å². The predicted molar refractivity (Wildman–Crippen MR) is 85.1 cm³/mol. The van der Waals surface area contributed by atoms with E-state index in [9.17, 15) is 0 Å². The van der Waals surface area contributed by atoms with Gasteiger partial charge in [-0.1, -0.05) is 0 Å². The third-order valence-electron chi connectivity index (χ3n) is 5.75. The molecule has 20 heavy (non-hydrogen) atoms. The lowest BCUT2D eigenvalue weighted by Crippen LogP contribution is -2.53. The summed E-state index contributed by atoms with van der Waals surface area (Å²) in [4.78, 5) is 5.33. The number of rotatable bonds is 3. The normalized spacial score (nSPS) is 36.5. The molecular formula is C17H33N3. The van der Waals surface area contributed by atoms with Crippen LogP contribution in [0.5, 0.6) is 0 Å². The highest BCUT2D eigenvalue weighted by atomic mass is 15.3. The zero-order chi connectivity index (χ0) is 14.2. The van der Waals surface area contributed by atoms with Gasteiger partial charge in [-0.15, -0.1) is 0 Å². The van der Waals surface area contributed by atoms with E-state index in [1.807, 2.05) is 0 Å². The second-order valence-electron chi connectivity index (χ2n) is 8.26. The van der Waals surface area contributed by atoms with Crippen molar-refractivity contribution in [1.29, 1.82) is 0 Å². The smallest absolute Gasteiger partial charge is 0.0126 e. The average molecular weight is 279 g/mol. The molecule has 3 nitrogen and oxygen atoms in total. The first-order valence-electron chi connectivity index (χ1n) is 8.74. The molecule has 0 amide bonds. The molecule has 3 heteroatoms. The molecule has 0 aliphatic carbocycles. The Balaban J connectivity index is 1.38. The first-order chi connectivity index (χ1) is 9.50. The molecule has 3 fully saturated rings. The maximum atomic E-state index is 3.76. The number of nitrogens with zero attached hydrogens (tertiary/aromatic N) is 2. The van der Waals surface area contributed by atoms with Gasteiger partial charge in [0.2, 0.25) is 0 Å². The molecule has 0 saturated carbocycles. The summed E-state index contributed by atoms with van der Waals surface area (Å²) < 4.78 is 0. The van der Waals surface area contributed by atoms with Gasteiger partial charge < -0.3 is 10.2 Å². The first kappa shape index (κ1) is 14.8. The second kappa shape index (κ2) is 5.94. The van der Waals surface area contributed by atoms with E-state index in [0.29, 0.717) is 5.54 Å². The Kier molecular flexibility index (Phi) is 4.40. The van der Waals surface area contributed by atoms with E-state index in [1.165, 1.54) is 64.8 Å². The number of piperazine rings is 1. The molecule has 3 heterocycles. The molecule has 3 aliphatic heterocycles. The van der Waals surface area contributed by atoms with Crippen LogP contribution in [0.3, 0.4) is 0 Å². The Morgan fingerprint density at radius 1 is 0.950 bits per heavy atom. The summed E-state index contributed by atoms with van der Waals surface area (Å²) in [6.45, 7) is 13.4. The van der Waals surface area contributed by atoms with Crippen molar-refractivity contribution in [1.82, 2.24) is 15.1 Å². The van der Waals surface area contributed by atoms with Crippen LogP contribution in [0.4, 0.5) is 0 Å². The van der Waals surface area contributed by atoms with Crippen LogP contribution in [-0.2, 0) is 0 Å². The van der Waals surface area contributed by atoms with Gasteiger partial charge in [0.15, 0.2) is 0 Å². The van der Waals surface area contributed by atoms with Crippen LogP contribution in [0.2, 0.25) is 0 Å². The van der Waals surface area contributed by atoms with E-state index in [-0.39, 0.29) is 0 Å². The van der Waals surface area contributed by atoms with Crippen LogP contribution in [0.1, 0.15) is 52.9 Å². The van der Waals surface area contributed by atoms with Crippen molar-refractivity contribution < 1.29 is 0 Å². The Morgan fingerprint density at radius 2 is 1.55 bits per heavy atom. The largest absolute Gasteiger partial charge is 0.311 e. The van der Waals surface area contributed by atoms with E-state index in [2.05, 4.69) is 35.9 Å². The van der Waals surface area contributed by atoms with Gasteiger partial charge in [-0.25, -0.2) is 0 Å². The highest BCUT2D eigenvalue weighted by molar-refractivity contribution is 4.92. The van der Waals surface area contributed by atoms with Gasteiger partial charge >= 0.3 is 0 Å². The van der Waals surface area contributed by atoms with E-state index in [0.717, 1.165) is 18.0 Å². The minimum atomic E-state index is 0.348.